The van der Waals surface area contributed by atoms with Crippen LogP contribution in [0, 0.1) is 0 Å². The van der Waals surface area contributed by atoms with Crippen LogP contribution in [0.1, 0.15) is 11.1 Å². The first kappa shape index (κ1) is 11.7. The Morgan fingerprint density at radius 1 is 0.824 bits per heavy atom. The number of hydrogen-bond donors (Lipinski definition) is 2. The van der Waals surface area contributed by atoms with Crippen LogP contribution in [0.4, 0.5) is 5.69 Å². The second-order valence-corrected chi connectivity index (χ2v) is 4.07. The van der Waals surface area contributed by atoms with E-state index >= 15 is 0 Å². The van der Waals surface area contributed by atoms with Gasteiger partial charge in [0, 0.05) is 12.2 Å². The number of benzene rings is 2. The Morgan fingerprint density at radius 3 is 2.12 bits per heavy atom. The van der Waals surface area contributed by atoms with Gasteiger partial charge in [-0.3, -0.25) is 0 Å². The molecule has 0 saturated heterocycles. The molecule has 3 N–H and O–H groups in total. The maximum atomic E-state index is 5.52. The first-order valence-corrected chi connectivity index (χ1v) is 5.95. The third-order valence-electron chi connectivity index (χ3n) is 2.73. The van der Waals surface area contributed by atoms with E-state index in [9.17, 15) is 0 Å². The van der Waals surface area contributed by atoms with Gasteiger partial charge in [0.2, 0.25) is 0 Å². The average Bonchev–Trinajstić information content (AvgIpc) is 2.40. The molecule has 0 fully saturated rings. The fraction of sp³-hybridized carbons (Fsp3) is 0.200. The predicted molar refractivity (Wildman–Crippen MR) is 73.0 cm³/mol. The SMILES string of the molecule is NCCc1ccc(CNc2ccccc2)cc1. The Balaban J connectivity index is 1.91. The van der Waals surface area contributed by atoms with Gasteiger partial charge in [-0.25, -0.2) is 0 Å². The van der Waals surface area contributed by atoms with E-state index in [0.717, 1.165) is 18.7 Å². The van der Waals surface area contributed by atoms with Crippen molar-refractivity contribution in [3.63, 3.8) is 0 Å². The molecule has 0 spiro atoms. The molecule has 0 saturated carbocycles. The standard InChI is InChI=1S/C15H18N2/c16-11-10-13-6-8-14(9-7-13)12-17-15-4-2-1-3-5-15/h1-9,17H,10-12,16H2. The molecule has 2 aromatic rings. The van der Waals surface area contributed by atoms with Crippen LogP contribution in [0.15, 0.2) is 54.6 Å². The molecule has 0 aliphatic rings. The fourth-order valence-corrected chi connectivity index (χ4v) is 1.75. The van der Waals surface area contributed by atoms with Crippen molar-refractivity contribution in [2.45, 2.75) is 13.0 Å². The van der Waals surface area contributed by atoms with Crippen molar-refractivity contribution in [3.05, 3.63) is 65.7 Å². The number of anilines is 1. The van der Waals surface area contributed by atoms with Crippen LogP contribution in [0.5, 0.6) is 0 Å². The fourth-order valence-electron chi connectivity index (χ4n) is 1.75. The number of rotatable bonds is 5. The van der Waals surface area contributed by atoms with E-state index in [0.29, 0.717) is 6.54 Å². The van der Waals surface area contributed by atoms with Crippen LogP contribution in [0.2, 0.25) is 0 Å². The van der Waals surface area contributed by atoms with E-state index in [4.69, 9.17) is 5.73 Å². The smallest absolute Gasteiger partial charge is 0.0400 e. The van der Waals surface area contributed by atoms with Gasteiger partial charge in [0.1, 0.15) is 0 Å². The Hall–Kier alpha value is -1.80. The van der Waals surface area contributed by atoms with Gasteiger partial charge in [0.05, 0.1) is 0 Å². The molecule has 2 heteroatoms. The predicted octanol–water partition coefficient (Wildman–Crippen LogP) is 2.80. The van der Waals surface area contributed by atoms with Crippen LogP contribution in [-0.2, 0) is 13.0 Å². The highest BCUT2D eigenvalue weighted by Gasteiger charge is 1.95. The van der Waals surface area contributed by atoms with Gasteiger partial charge in [-0.05, 0) is 36.2 Å². The van der Waals surface area contributed by atoms with Crippen molar-refractivity contribution >= 4 is 5.69 Å². The summed E-state index contributed by atoms with van der Waals surface area (Å²) >= 11 is 0. The summed E-state index contributed by atoms with van der Waals surface area (Å²) in [6, 6.07) is 18.8. The van der Waals surface area contributed by atoms with Gasteiger partial charge in [0.25, 0.3) is 0 Å². The minimum atomic E-state index is 0.710. The van der Waals surface area contributed by atoms with E-state index in [1.807, 2.05) is 18.2 Å². The van der Waals surface area contributed by atoms with E-state index < -0.39 is 0 Å². The molecular formula is C15H18N2. The highest BCUT2D eigenvalue weighted by atomic mass is 14.9. The summed E-state index contributed by atoms with van der Waals surface area (Å²) in [5.41, 5.74) is 9.26. The molecule has 2 nitrogen and oxygen atoms in total. The quantitative estimate of drug-likeness (QED) is 0.822. The molecule has 0 unspecified atom stereocenters. The Bertz CT molecular complexity index is 434. The average molecular weight is 226 g/mol. The van der Waals surface area contributed by atoms with Gasteiger partial charge < -0.3 is 11.1 Å². The van der Waals surface area contributed by atoms with Crippen molar-refractivity contribution in [3.8, 4) is 0 Å². The topological polar surface area (TPSA) is 38.0 Å². The maximum absolute atomic E-state index is 5.52. The van der Waals surface area contributed by atoms with Gasteiger partial charge in [0.15, 0.2) is 0 Å². The van der Waals surface area contributed by atoms with E-state index in [2.05, 4.69) is 41.7 Å². The Kier molecular flexibility index (Phi) is 4.17. The number of nitrogens with two attached hydrogens (primary N) is 1. The van der Waals surface area contributed by atoms with E-state index in [1.165, 1.54) is 11.1 Å². The summed E-state index contributed by atoms with van der Waals surface area (Å²) in [7, 11) is 0. The molecule has 88 valence electrons. The molecular weight excluding hydrogens is 208 g/mol. The van der Waals surface area contributed by atoms with E-state index in [-0.39, 0.29) is 0 Å². The molecule has 0 amide bonds. The second kappa shape index (κ2) is 6.06. The zero-order chi connectivity index (χ0) is 11.9. The minimum Gasteiger partial charge on any atom is -0.381 e. The molecule has 0 bridgehead atoms. The van der Waals surface area contributed by atoms with Crippen LogP contribution < -0.4 is 11.1 Å². The third kappa shape index (κ3) is 3.61. The Labute approximate surface area is 102 Å². The summed E-state index contributed by atoms with van der Waals surface area (Å²) in [5.74, 6) is 0. The molecule has 0 aliphatic carbocycles. The summed E-state index contributed by atoms with van der Waals surface area (Å²) in [6.45, 7) is 1.56. The molecule has 17 heavy (non-hydrogen) atoms. The first-order chi connectivity index (χ1) is 8.38. The van der Waals surface area contributed by atoms with Crippen molar-refractivity contribution in [1.29, 1.82) is 0 Å². The van der Waals surface area contributed by atoms with Gasteiger partial charge in [-0.15, -0.1) is 0 Å². The lowest BCUT2D eigenvalue weighted by molar-refractivity contribution is 0.966. The molecule has 0 aromatic heterocycles. The van der Waals surface area contributed by atoms with Crippen molar-refractivity contribution < 1.29 is 0 Å². The van der Waals surface area contributed by atoms with Crippen molar-refractivity contribution in [2.24, 2.45) is 5.73 Å². The highest BCUT2D eigenvalue weighted by Crippen LogP contribution is 2.09. The molecule has 2 rings (SSSR count). The summed E-state index contributed by atoms with van der Waals surface area (Å²) < 4.78 is 0. The van der Waals surface area contributed by atoms with Crippen LogP contribution in [0.25, 0.3) is 0 Å². The molecule has 0 atom stereocenters. The molecule has 0 heterocycles. The van der Waals surface area contributed by atoms with Gasteiger partial charge >= 0.3 is 0 Å². The van der Waals surface area contributed by atoms with Crippen LogP contribution in [-0.4, -0.2) is 6.54 Å². The lowest BCUT2D eigenvalue weighted by Gasteiger charge is -2.07. The Morgan fingerprint density at radius 2 is 1.47 bits per heavy atom. The van der Waals surface area contributed by atoms with Crippen LogP contribution in [0.3, 0.4) is 0 Å². The lowest BCUT2D eigenvalue weighted by atomic mass is 10.1. The van der Waals surface area contributed by atoms with E-state index in [1.54, 1.807) is 0 Å². The third-order valence-corrected chi connectivity index (χ3v) is 2.73. The number of nitrogens with one attached hydrogen (secondary N) is 1. The molecule has 0 radical (unpaired) electrons. The van der Waals surface area contributed by atoms with Crippen molar-refractivity contribution in [1.82, 2.24) is 0 Å². The second-order valence-electron chi connectivity index (χ2n) is 4.07. The normalized spacial score (nSPS) is 10.2. The maximum Gasteiger partial charge on any atom is 0.0400 e. The minimum absolute atomic E-state index is 0.710. The largest absolute Gasteiger partial charge is 0.381 e. The molecule has 0 aliphatic heterocycles. The zero-order valence-corrected chi connectivity index (χ0v) is 9.89. The number of hydrogen-bond acceptors (Lipinski definition) is 2. The molecule has 2 aromatic carbocycles. The summed E-state index contributed by atoms with van der Waals surface area (Å²) in [6.07, 6.45) is 0.951. The lowest BCUT2D eigenvalue weighted by Crippen LogP contribution is -2.03. The first-order valence-electron chi connectivity index (χ1n) is 5.95. The van der Waals surface area contributed by atoms with Crippen LogP contribution >= 0.6 is 0 Å². The monoisotopic (exact) mass is 226 g/mol. The summed E-state index contributed by atoms with van der Waals surface area (Å²) in [4.78, 5) is 0. The summed E-state index contributed by atoms with van der Waals surface area (Å²) in [5, 5.41) is 3.39. The van der Waals surface area contributed by atoms with Gasteiger partial charge in [-0.2, -0.15) is 0 Å². The zero-order valence-electron chi connectivity index (χ0n) is 9.89. The van der Waals surface area contributed by atoms with Crippen molar-refractivity contribution in [2.75, 3.05) is 11.9 Å². The highest BCUT2D eigenvalue weighted by molar-refractivity contribution is 5.43. The van der Waals surface area contributed by atoms with Gasteiger partial charge in [-0.1, -0.05) is 42.5 Å². The number of para-hydroxylation sites is 1.